The molecule has 1 unspecified atom stereocenters. The molecule has 4 nitrogen and oxygen atoms in total. The van der Waals surface area contributed by atoms with Crippen LogP contribution in [-0.2, 0) is 0 Å². The summed E-state index contributed by atoms with van der Waals surface area (Å²) in [6, 6.07) is 5.83. The molecule has 0 spiro atoms. The van der Waals surface area contributed by atoms with Crippen LogP contribution >= 0.6 is 0 Å². The molecule has 0 aliphatic carbocycles. The molecule has 1 aliphatic rings. The quantitative estimate of drug-likeness (QED) is 0.831. The van der Waals surface area contributed by atoms with Gasteiger partial charge in [0.25, 0.3) is 0 Å². The van der Waals surface area contributed by atoms with E-state index in [1.54, 1.807) is 12.1 Å². The van der Waals surface area contributed by atoms with Gasteiger partial charge < -0.3 is 15.2 Å². The zero-order valence-corrected chi connectivity index (χ0v) is 11.0. The van der Waals surface area contributed by atoms with Crippen LogP contribution in [0.3, 0.4) is 0 Å². The van der Waals surface area contributed by atoms with Crippen molar-refractivity contribution in [2.24, 2.45) is 0 Å². The molecule has 1 aromatic rings. The van der Waals surface area contributed by atoms with Crippen LogP contribution in [0.1, 0.15) is 6.42 Å². The van der Waals surface area contributed by atoms with Crippen molar-refractivity contribution in [2.75, 3.05) is 39.3 Å². The van der Waals surface area contributed by atoms with Gasteiger partial charge in [0.15, 0.2) is 0 Å². The highest BCUT2D eigenvalue weighted by Crippen LogP contribution is 2.11. The van der Waals surface area contributed by atoms with Crippen molar-refractivity contribution in [3.8, 4) is 5.75 Å². The predicted molar refractivity (Wildman–Crippen MR) is 71.8 cm³/mol. The standard InChI is InChI=1S/C14H21FN2O2/c15-12-2-4-14(5-3-12)19-11-13(18)10-17-8-1-6-16-7-9-17/h2-5,13,16,18H,1,6-11H2. The Hall–Kier alpha value is -1.17. The molecule has 2 rings (SSSR count). The molecule has 0 radical (unpaired) electrons. The van der Waals surface area contributed by atoms with Gasteiger partial charge in [0, 0.05) is 19.6 Å². The van der Waals surface area contributed by atoms with E-state index in [0.717, 1.165) is 32.6 Å². The highest BCUT2D eigenvalue weighted by Gasteiger charge is 2.13. The van der Waals surface area contributed by atoms with Crippen molar-refractivity contribution in [2.45, 2.75) is 12.5 Å². The van der Waals surface area contributed by atoms with E-state index >= 15 is 0 Å². The van der Waals surface area contributed by atoms with Gasteiger partial charge in [-0.25, -0.2) is 4.39 Å². The Bertz CT molecular complexity index is 364. The second kappa shape index (κ2) is 7.43. The second-order valence-electron chi connectivity index (χ2n) is 4.82. The van der Waals surface area contributed by atoms with E-state index in [0.29, 0.717) is 12.3 Å². The fraction of sp³-hybridized carbons (Fsp3) is 0.571. The lowest BCUT2D eigenvalue weighted by molar-refractivity contribution is 0.0703. The van der Waals surface area contributed by atoms with Gasteiger partial charge >= 0.3 is 0 Å². The van der Waals surface area contributed by atoms with Gasteiger partial charge in [-0.2, -0.15) is 0 Å². The summed E-state index contributed by atoms with van der Waals surface area (Å²) in [5, 5.41) is 13.3. The van der Waals surface area contributed by atoms with Gasteiger partial charge in [-0.15, -0.1) is 0 Å². The largest absolute Gasteiger partial charge is 0.491 e. The number of hydrogen-bond donors (Lipinski definition) is 2. The van der Waals surface area contributed by atoms with Crippen molar-refractivity contribution >= 4 is 0 Å². The molecular formula is C14H21FN2O2. The normalized spacial score (nSPS) is 18.8. The van der Waals surface area contributed by atoms with Crippen molar-refractivity contribution in [3.63, 3.8) is 0 Å². The summed E-state index contributed by atoms with van der Waals surface area (Å²) in [5.41, 5.74) is 0. The van der Waals surface area contributed by atoms with Gasteiger partial charge in [0.2, 0.25) is 0 Å². The predicted octanol–water partition coefficient (Wildman–Crippen LogP) is 0.861. The molecule has 0 saturated carbocycles. The first-order chi connectivity index (χ1) is 9.24. The Morgan fingerprint density at radius 1 is 1.26 bits per heavy atom. The Balaban J connectivity index is 1.71. The minimum absolute atomic E-state index is 0.232. The molecule has 1 fully saturated rings. The number of nitrogens with zero attached hydrogens (tertiary/aromatic N) is 1. The Morgan fingerprint density at radius 2 is 2.05 bits per heavy atom. The first-order valence-electron chi connectivity index (χ1n) is 6.73. The van der Waals surface area contributed by atoms with Crippen LogP contribution in [0.4, 0.5) is 4.39 Å². The van der Waals surface area contributed by atoms with E-state index in [2.05, 4.69) is 10.2 Å². The summed E-state index contributed by atoms with van der Waals surface area (Å²) in [4.78, 5) is 2.23. The fourth-order valence-corrected chi connectivity index (χ4v) is 2.16. The molecule has 5 heteroatoms. The molecule has 106 valence electrons. The van der Waals surface area contributed by atoms with E-state index < -0.39 is 6.10 Å². The van der Waals surface area contributed by atoms with Gasteiger partial charge in [0.05, 0.1) is 0 Å². The molecule has 1 atom stereocenters. The third-order valence-corrected chi connectivity index (χ3v) is 3.16. The number of aliphatic hydroxyl groups excluding tert-OH is 1. The van der Waals surface area contributed by atoms with Crippen molar-refractivity contribution in [1.29, 1.82) is 0 Å². The average Bonchev–Trinajstić information content (AvgIpc) is 2.67. The van der Waals surface area contributed by atoms with Crippen LogP contribution in [0.15, 0.2) is 24.3 Å². The van der Waals surface area contributed by atoms with E-state index in [-0.39, 0.29) is 12.4 Å². The average molecular weight is 268 g/mol. The van der Waals surface area contributed by atoms with Crippen LogP contribution in [0.25, 0.3) is 0 Å². The lowest BCUT2D eigenvalue weighted by atomic mass is 10.3. The van der Waals surface area contributed by atoms with Gasteiger partial charge in [-0.05, 0) is 43.8 Å². The summed E-state index contributed by atoms with van der Waals surface area (Å²) >= 11 is 0. The van der Waals surface area contributed by atoms with Crippen LogP contribution in [0.5, 0.6) is 5.75 Å². The summed E-state index contributed by atoms with van der Waals surface area (Å²) in [6.45, 7) is 4.80. The molecule has 1 heterocycles. The number of hydrogen-bond acceptors (Lipinski definition) is 4. The number of benzene rings is 1. The van der Waals surface area contributed by atoms with E-state index in [1.165, 1.54) is 12.1 Å². The van der Waals surface area contributed by atoms with Crippen LogP contribution < -0.4 is 10.1 Å². The minimum Gasteiger partial charge on any atom is -0.491 e. The molecule has 1 aromatic carbocycles. The molecule has 1 saturated heterocycles. The Kier molecular flexibility index (Phi) is 5.57. The smallest absolute Gasteiger partial charge is 0.123 e. The highest BCUT2D eigenvalue weighted by atomic mass is 19.1. The maximum atomic E-state index is 12.7. The number of ether oxygens (including phenoxy) is 1. The number of rotatable bonds is 5. The topological polar surface area (TPSA) is 44.7 Å². The summed E-state index contributed by atoms with van der Waals surface area (Å²) < 4.78 is 18.2. The zero-order valence-electron chi connectivity index (χ0n) is 11.0. The van der Waals surface area contributed by atoms with Crippen LogP contribution in [0.2, 0.25) is 0 Å². The number of β-amino-alcohol motifs (C(OH)–C–C–N with tert-alkyl or cyclic N) is 1. The third-order valence-electron chi connectivity index (χ3n) is 3.16. The lowest BCUT2D eigenvalue weighted by Gasteiger charge is -2.22. The second-order valence-corrected chi connectivity index (χ2v) is 4.82. The van der Waals surface area contributed by atoms with E-state index in [9.17, 15) is 9.50 Å². The monoisotopic (exact) mass is 268 g/mol. The first kappa shape index (κ1) is 14.2. The SMILES string of the molecule is OC(COc1ccc(F)cc1)CN1CCCNCC1. The fourth-order valence-electron chi connectivity index (χ4n) is 2.16. The summed E-state index contributed by atoms with van der Waals surface area (Å²) in [5.74, 6) is 0.294. The lowest BCUT2D eigenvalue weighted by Crippen LogP contribution is -2.37. The molecule has 2 N–H and O–H groups in total. The van der Waals surface area contributed by atoms with Gasteiger partial charge in [0.1, 0.15) is 24.3 Å². The van der Waals surface area contributed by atoms with Crippen molar-refractivity contribution in [3.05, 3.63) is 30.1 Å². The van der Waals surface area contributed by atoms with Crippen LogP contribution in [0, 0.1) is 5.82 Å². The maximum absolute atomic E-state index is 12.7. The molecule has 0 amide bonds. The number of halogens is 1. The van der Waals surface area contributed by atoms with Crippen LogP contribution in [-0.4, -0.2) is 55.4 Å². The Labute approximate surface area is 113 Å². The molecule has 0 aromatic heterocycles. The highest BCUT2D eigenvalue weighted by molar-refractivity contribution is 5.22. The van der Waals surface area contributed by atoms with E-state index in [4.69, 9.17) is 4.74 Å². The maximum Gasteiger partial charge on any atom is 0.123 e. The molecule has 1 aliphatic heterocycles. The minimum atomic E-state index is -0.525. The number of nitrogens with one attached hydrogen (secondary N) is 1. The first-order valence-corrected chi connectivity index (χ1v) is 6.73. The molecule has 19 heavy (non-hydrogen) atoms. The molecular weight excluding hydrogens is 247 g/mol. The zero-order chi connectivity index (χ0) is 13.5. The van der Waals surface area contributed by atoms with Crippen molar-refractivity contribution < 1.29 is 14.2 Å². The third kappa shape index (κ3) is 5.14. The molecule has 0 bridgehead atoms. The van der Waals surface area contributed by atoms with E-state index in [1.807, 2.05) is 0 Å². The van der Waals surface area contributed by atoms with Gasteiger partial charge in [-0.1, -0.05) is 0 Å². The van der Waals surface area contributed by atoms with Crippen molar-refractivity contribution in [1.82, 2.24) is 10.2 Å². The Morgan fingerprint density at radius 3 is 2.84 bits per heavy atom. The summed E-state index contributed by atoms with van der Waals surface area (Å²) in [6.07, 6.45) is 0.578. The number of aliphatic hydroxyl groups is 1. The summed E-state index contributed by atoms with van der Waals surface area (Å²) in [7, 11) is 0. The van der Waals surface area contributed by atoms with Gasteiger partial charge in [-0.3, -0.25) is 4.90 Å².